The van der Waals surface area contributed by atoms with E-state index in [1.54, 1.807) is 33.6 Å². The molecule has 0 atom stereocenters. The zero-order valence-electron chi connectivity index (χ0n) is 33.4. The van der Waals surface area contributed by atoms with Crippen molar-refractivity contribution in [3.63, 3.8) is 0 Å². The lowest BCUT2D eigenvalue weighted by atomic mass is 10.3. The van der Waals surface area contributed by atoms with Crippen LogP contribution in [0.4, 0.5) is 5.69 Å². The largest absolute Gasteiger partial charge is 0.497 e. The normalized spacial score (nSPS) is 11.5. The molecule has 0 radical (unpaired) electrons. The first kappa shape index (κ1) is 41.3. The van der Waals surface area contributed by atoms with E-state index in [1.165, 1.54) is 83.6 Å². The van der Waals surface area contributed by atoms with Crippen molar-refractivity contribution in [2.24, 2.45) is 0 Å². The standard InChI is InChI=1S/C46H59NO4P2Si/c1-8-11-34-54(35-12-9-2,36-13-10-3)46-32-14-37(15-33-46)47(52(42-24-16-38(48-4)17-25-42)43-26-18-39(49-5)19-27-43)53(44-28-20-40(50-6)21-29-44)45-30-22-41(51-7)23-31-45/h14-33H,8-13,34-36H2,1-7H3. The summed E-state index contributed by atoms with van der Waals surface area (Å²) in [6.07, 6.45) is 7.69. The van der Waals surface area contributed by atoms with E-state index in [0.29, 0.717) is 0 Å². The molecule has 0 N–H and O–H groups in total. The Morgan fingerprint density at radius 3 is 0.926 bits per heavy atom. The molecule has 0 saturated heterocycles. The molecular formula is C46H59NO4P2Si. The Kier molecular flexibility index (Phi) is 15.9. The van der Waals surface area contributed by atoms with Gasteiger partial charge in [-0.1, -0.05) is 94.7 Å². The number of rotatable bonds is 21. The Morgan fingerprint density at radius 1 is 0.407 bits per heavy atom. The summed E-state index contributed by atoms with van der Waals surface area (Å²) in [5.74, 6) is 3.39. The van der Waals surface area contributed by atoms with Crippen molar-refractivity contribution in [2.45, 2.75) is 77.4 Å². The van der Waals surface area contributed by atoms with Gasteiger partial charge >= 0.3 is 0 Å². The van der Waals surface area contributed by atoms with E-state index in [2.05, 4.69) is 147 Å². The number of nitrogens with zero attached hydrogens (tertiary/aromatic N) is 1. The van der Waals surface area contributed by atoms with E-state index in [-0.39, 0.29) is 0 Å². The van der Waals surface area contributed by atoms with Gasteiger partial charge in [0.1, 0.15) is 23.0 Å². The number of anilines is 1. The molecule has 0 aliphatic rings. The maximum absolute atomic E-state index is 5.65. The number of unbranched alkanes of at least 4 members (excludes halogenated alkanes) is 3. The van der Waals surface area contributed by atoms with Crippen LogP contribution >= 0.6 is 16.1 Å². The fourth-order valence-corrected chi connectivity index (χ4v) is 18.7. The highest BCUT2D eigenvalue weighted by Gasteiger charge is 2.36. The van der Waals surface area contributed by atoms with E-state index in [9.17, 15) is 0 Å². The van der Waals surface area contributed by atoms with Crippen molar-refractivity contribution < 1.29 is 18.9 Å². The number of benzene rings is 5. The van der Waals surface area contributed by atoms with Crippen LogP contribution in [0.25, 0.3) is 0 Å². The highest BCUT2D eigenvalue weighted by molar-refractivity contribution is 7.90. The maximum Gasteiger partial charge on any atom is 0.118 e. The lowest BCUT2D eigenvalue weighted by molar-refractivity contribution is 0.415. The molecule has 0 spiro atoms. The van der Waals surface area contributed by atoms with Gasteiger partial charge in [0, 0.05) is 26.9 Å². The summed E-state index contributed by atoms with van der Waals surface area (Å²) in [6.45, 7) is 7.04. The molecule has 0 aliphatic heterocycles. The summed E-state index contributed by atoms with van der Waals surface area (Å²) in [6, 6.07) is 48.7. The molecule has 0 heterocycles. The average molecular weight is 780 g/mol. The van der Waals surface area contributed by atoms with E-state index >= 15 is 0 Å². The van der Waals surface area contributed by atoms with Gasteiger partial charge in [-0.2, -0.15) is 0 Å². The van der Waals surface area contributed by atoms with Gasteiger partial charge in [-0.15, -0.1) is 0 Å². The smallest absolute Gasteiger partial charge is 0.118 e. The van der Waals surface area contributed by atoms with Crippen molar-refractivity contribution in [3.05, 3.63) is 121 Å². The van der Waals surface area contributed by atoms with Gasteiger partial charge < -0.3 is 23.4 Å². The van der Waals surface area contributed by atoms with E-state index < -0.39 is 24.2 Å². The van der Waals surface area contributed by atoms with Gasteiger partial charge in [0.15, 0.2) is 0 Å². The van der Waals surface area contributed by atoms with E-state index in [1.807, 2.05) is 0 Å². The number of hydrogen-bond acceptors (Lipinski definition) is 5. The molecule has 286 valence electrons. The van der Waals surface area contributed by atoms with Crippen LogP contribution in [0, 0.1) is 0 Å². The molecule has 0 unspecified atom stereocenters. The quantitative estimate of drug-likeness (QED) is 0.0548. The molecule has 5 aromatic rings. The molecule has 5 aromatic carbocycles. The minimum absolute atomic E-state index is 0.847. The molecular weight excluding hydrogens is 721 g/mol. The molecule has 0 aromatic heterocycles. The summed E-state index contributed by atoms with van der Waals surface area (Å²) in [4.78, 5) is 0. The first-order valence-corrected chi connectivity index (χ1v) is 24.7. The van der Waals surface area contributed by atoms with Crippen molar-refractivity contribution in [1.82, 2.24) is 0 Å². The third kappa shape index (κ3) is 10.1. The van der Waals surface area contributed by atoms with Crippen LogP contribution in [-0.4, -0.2) is 36.5 Å². The maximum atomic E-state index is 5.65. The first-order valence-electron chi connectivity index (χ1n) is 19.5. The van der Waals surface area contributed by atoms with Crippen LogP contribution in [-0.2, 0) is 0 Å². The second kappa shape index (κ2) is 20.7. The van der Waals surface area contributed by atoms with E-state index in [0.717, 1.165) is 23.0 Å². The summed E-state index contributed by atoms with van der Waals surface area (Å²) in [5.41, 5.74) is 1.22. The monoisotopic (exact) mass is 779 g/mol. The van der Waals surface area contributed by atoms with Crippen LogP contribution in [0.3, 0.4) is 0 Å². The van der Waals surface area contributed by atoms with Crippen molar-refractivity contribution in [2.75, 3.05) is 32.9 Å². The molecule has 54 heavy (non-hydrogen) atoms. The molecule has 5 rings (SSSR count). The Labute approximate surface area is 328 Å². The van der Waals surface area contributed by atoms with E-state index in [4.69, 9.17) is 18.9 Å². The molecule has 0 fully saturated rings. The SMILES string of the molecule is CCCC[Si](CCCC)(CCCC)c1ccc(N(P(c2ccc(OC)cc2)c2ccc(OC)cc2)P(c2ccc(OC)cc2)c2ccc(OC)cc2)cc1. The van der Waals surface area contributed by atoms with Gasteiger partial charge in [0.05, 0.1) is 52.7 Å². The lowest BCUT2D eigenvalue weighted by Gasteiger charge is -2.41. The average Bonchev–Trinajstić information content (AvgIpc) is 3.24. The fraction of sp³-hybridized carbons (Fsp3) is 0.348. The van der Waals surface area contributed by atoms with Crippen molar-refractivity contribution in [1.29, 1.82) is 0 Å². The van der Waals surface area contributed by atoms with Gasteiger partial charge in [0.2, 0.25) is 0 Å². The third-order valence-corrected chi connectivity index (χ3v) is 21.3. The Bertz CT molecular complexity index is 1600. The van der Waals surface area contributed by atoms with Gasteiger partial charge in [-0.3, -0.25) is 0 Å². The number of ether oxygens (including phenoxy) is 4. The van der Waals surface area contributed by atoms with Crippen LogP contribution in [0.5, 0.6) is 23.0 Å². The Morgan fingerprint density at radius 2 is 0.685 bits per heavy atom. The fourth-order valence-electron chi connectivity index (χ4n) is 7.25. The molecule has 8 heteroatoms. The molecule has 0 amide bonds. The number of hydrogen-bond donors (Lipinski definition) is 0. The molecule has 0 saturated carbocycles. The lowest BCUT2D eigenvalue weighted by Crippen LogP contribution is -2.47. The second-order valence-electron chi connectivity index (χ2n) is 13.8. The Hall–Kier alpha value is -3.82. The van der Waals surface area contributed by atoms with Gasteiger partial charge in [-0.05, 0) is 109 Å². The van der Waals surface area contributed by atoms with Crippen molar-refractivity contribution in [3.8, 4) is 23.0 Å². The highest BCUT2D eigenvalue weighted by Crippen LogP contribution is 2.57. The summed E-state index contributed by atoms with van der Waals surface area (Å²) >= 11 is 0. The minimum Gasteiger partial charge on any atom is -0.497 e. The summed E-state index contributed by atoms with van der Waals surface area (Å²) in [5, 5.41) is 6.59. The van der Waals surface area contributed by atoms with Crippen molar-refractivity contribution >= 4 is 56.3 Å². The predicted octanol–water partition coefficient (Wildman–Crippen LogP) is 10.7. The van der Waals surface area contributed by atoms with Crippen LogP contribution in [0.15, 0.2) is 121 Å². The summed E-state index contributed by atoms with van der Waals surface area (Å²) in [7, 11) is 3.01. The summed E-state index contributed by atoms with van der Waals surface area (Å²) < 4.78 is 25.3. The van der Waals surface area contributed by atoms with Crippen LogP contribution < -0.4 is 49.8 Å². The first-order chi connectivity index (χ1) is 26.4. The zero-order chi connectivity index (χ0) is 38.3. The topological polar surface area (TPSA) is 40.2 Å². The minimum atomic E-state index is -1.71. The zero-order valence-corrected chi connectivity index (χ0v) is 36.2. The molecule has 0 bridgehead atoms. The van der Waals surface area contributed by atoms with Gasteiger partial charge in [-0.25, -0.2) is 0 Å². The predicted molar refractivity (Wildman–Crippen MR) is 238 cm³/mol. The third-order valence-electron chi connectivity index (χ3n) is 10.4. The molecule has 0 aliphatic carbocycles. The van der Waals surface area contributed by atoms with Crippen LogP contribution in [0.1, 0.15) is 59.3 Å². The molecule has 5 nitrogen and oxygen atoms in total. The Balaban J connectivity index is 1.79. The highest BCUT2D eigenvalue weighted by atomic mass is 31.2. The van der Waals surface area contributed by atoms with Crippen LogP contribution in [0.2, 0.25) is 18.1 Å². The second-order valence-corrected chi connectivity index (χ2v) is 22.9. The van der Waals surface area contributed by atoms with Gasteiger partial charge in [0.25, 0.3) is 0 Å². The number of methoxy groups -OCH3 is 4.